The molecule has 3 N–H and O–H groups in total. The molecule has 0 aliphatic carbocycles. The summed E-state index contributed by atoms with van der Waals surface area (Å²) in [7, 11) is 0. The Balaban J connectivity index is 1.83. The van der Waals surface area contributed by atoms with E-state index in [0.717, 1.165) is 30.7 Å². The average molecular weight is 306 g/mol. The van der Waals surface area contributed by atoms with E-state index in [1.54, 1.807) is 6.33 Å². The molecule has 2 aliphatic heterocycles. The van der Waals surface area contributed by atoms with E-state index in [1.807, 2.05) is 0 Å². The van der Waals surface area contributed by atoms with Gasteiger partial charge in [0.25, 0.3) is 0 Å². The maximum Gasteiger partial charge on any atom is 0.237 e. The van der Waals surface area contributed by atoms with E-state index in [9.17, 15) is 4.79 Å². The lowest BCUT2D eigenvalue weighted by molar-refractivity contribution is -0.126. The minimum Gasteiger partial charge on any atom is -0.381 e. The molecule has 2 aliphatic rings. The van der Waals surface area contributed by atoms with Crippen LogP contribution in [0.25, 0.3) is 0 Å². The largest absolute Gasteiger partial charge is 0.381 e. The summed E-state index contributed by atoms with van der Waals surface area (Å²) < 4.78 is 5.50. The Kier molecular flexibility index (Phi) is 3.99. The lowest BCUT2D eigenvalue weighted by atomic mass is 9.80. The van der Waals surface area contributed by atoms with Gasteiger partial charge in [-0.05, 0) is 33.1 Å². The zero-order valence-corrected chi connectivity index (χ0v) is 13.7. The third-order valence-corrected chi connectivity index (χ3v) is 5.04. The van der Waals surface area contributed by atoms with E-state index in [4.69, 9.17) is 4.74 Å². The number of rotatable bonds is 3. The van der Waals surface area contributed by atoms with Crippen molar-refractivity contribution in [3.05, 3.63) is 17.7 Å². The third kappa shape index (κ3) is 2.77. The van der Waals surface area contributed by atoms with Crippen LogP contribution >= 0.6 is 0 Å². The van der Waals surface area contributed by atoms with Crippen molar-refractivity contribution >= 4 is 5.91 Å². The molecule has 122 valence electrons. The molecule has 1 aromatic rings. The summed E-state index contributed by atoms with van der Waals surface area (Å²) in [5, 5.41) is 6.74. The first-order valence-electron chi connectivity index (χ1n) is 8.16. The third-order valence-electron chi connectivity index (χ3n) is 5.04. The molecule has 1 aromatic heterocycles. The van der Waals surface area contributed by atoms with Crippen molar-refractivity contribution in [1.82, 2.24) is 20.6 Å². The van der Waals surface area contributed by atoms with Gasteiger partial charge in [-0.1, -0.05) is 6.92 Å². The molecule has 1 spiro atoms. The molecule has 1 unspecified atom stereocenters. The second-order valence-corrected chi connectivity index (χ2v) is 7.05. The highest BCUT2D eigenvalue weighted by Gasteiger charge is 2.45. The van der Waals surface area contributed by atoms with E-state index < -0.39 is 0 Å². The summed E-state index contributed by atoms with van der Waals surface area (Å²) >= 11 is 0. The number of aromatic amines is 1. The molecule has 3 heterocycles. The van der Waals surface area contributed by atoms with Crippen LogP contribution < -0.4 is 10.6 Å². The van der Waals surface area contributed by atoms with Gasteiger partial charge in [0.2, 0.25) is 5.91 Å². The molecule has 1 fully saturated rings. The zero-order valence-electron chi connectivity index (χ0n) is 13.7. The van der Waals surface area contributed by atoms with E-state index in [-0.39, 0.29) is 23.0 Å². The van der Waals surface area contributed by atoms with Crippen LogP contribution in [0.3, 0.4) is 0 Å². The van der Waals surface area contributed by atoms with Crippen molar-refractivity contribution in [3.63, 3.8) is 0 Å². The van der Waals surface area contributed by atoms with Crippen molar-refractivity contribution in [2.75, 3.05) is 13.2 Å². The number of amides is 1. The summed E-state index contributed by atoms with van der Waals surface area (Å²) in [5.74, 6) is 0.0676. The normalized spacial score (nSPS) is 24.0. The molecular weight excluding hydrogens is 280 g/mol. The van der Waals surface area contributed by atoms with Crippen LogP contribution in [0.5, 0.6) is 0 Å². The highest BCUT2D eigenvalue weighted by atomic mass is 16.5. The molecule has 1 saturated heterocycles. The molecule has 1 atom stereocenters. The second-order valence-electron chi connectivity index (χ2n) is 7.05. The van der Waals surface area contributed by atoms with Crippen LogP contribution in [-0.4, -0.2) is 40.7 Å². The Labute approximate surface area is 131 Å². The van der Waals surface area contributed by atoms with Crippen LogP contribution in [0.1, 0.15) is 51.4 Å². The second kappa shape index (κ2) is 5.66. The molecule has 6 heteroatoms. The molecular formula is C16H26N4O2. The minimum atomic E-state index is -0.232. The average Bonchev–Trinajstić information content (AvgIpc) is 2.97. The number of nitrogens with zero attached hydrogens (tertiary/aromatic N) is 1. The number of imidazole rings is 1. The summed E-state index contributed by atoms with van der Waals surface area (Å²) in [6.45, 7) is 7.60. The minimum absolute atomic E-state index is 0.0676. The van der Waals surface area contributed by atoms with E-state index in [0.29, 0.717) is 19.6 Å². The van der Waals surface area contributed by atoms with Crippen LogP contribution in [0.15, 0.2) is 6.33 Å². The highest BCUT2D eigenvalue weighted by molar-refractivity contribution is 5.83. The number of H-pyrrole nitrogens is 1. The molecule has 0 saturated carbocycles. The first-order chi connectivity index (χ1) is 10.5. The van der Waals surface area contributed by atoms with Crippen LogP contribution in [0.2, 0.25) is 0 Å². The standard InChI is InChI=1S/C16H26N4O2/c1-4-15(2,3)20-14(21)12-9-11-13(18-10-17-11)16(19-12)5-7-22-8-6-16/h10,12,19H,4-9H2,1-3H3,(H,17,18)(H,20,21). The van der Waals surface area contributed by atoms with E-state index >= 15 is 0 Å². The number of fused-ring (bicyclic) bond motifs is 2. The van der Waals surface area contributed by atoms with Gasteiger partial charge in [0, 0.05) is 30.9 Å². The Morgan fingerprint density at radius 2 is 2.23 bits per heavy atom. The number of hydrogen-bond acceptors (Lipinski definition) is 4. The summed E-state index contributed by atoms with van der Waals surface area (Å²) in [6, 6.07) is -0.225. The monoisotopic (exact) mass is 306 g/mol. The fraction of sp³-hybridized carbons (Fsp3) is 0.750. The molecule has 0 aromatic carbocycles. The maximum atomic E-state index is 12.7. The van der Waals surface area contributed by atoms with Gasteiger partial charge in [0.05, 0.1) is 23.6 Å². The van der Waals surface area contributed by atoms with Crippen molar-refractivity contribution < 1.29 is 9.53 Å². The first-order valence-corrected chi connectivity index (χ1v) is 8.16. The Morgan fingerprint density at radius 3 is 2.91 bits per heavy atom. The first kappa shape index (κ1) is 15.5. The predicted molar refractivity (Wildman–Crippen MR) is 83.5 cm³/mol. The number of nitrogens with one attached hydrogen (secondary N) is 3. The Hall–Kier alpha value is -1.40. The molecule has 22 heavy (non-hydrogen) atoms. The van der Waals surface area contributed by atoms with E-state index in [1.165, 1.54) is 0 Å². The maximum absolute atomic E-state index is 12.7. The number of carbonyl (C=O) groups excluding carboxylic acids is 1. The summed E-state index contributed by atoms with van der Waals surface area (Å²) in [5.41, 5.74) is 1.73. The fourth-order valence-corrected chi connectivity index (χ4v) is 3.31. The van der Waals surface area contributed by atoms with Crippen molar-refractivity contribution in [3.8, 4) is 0 Å². The number of hydrogen-bond donors (Lipinski definition) is 3. The molecule has 0 bridgehead atoms. The quantitative estimate of drug-likeness (QED) is 0.785. The lowest BCUT2D eigenvalue weighted by Crippen LogP contribution is -2.61. The topological polar surface area (TPSA) is 79.0 Å². The summed E-state index contributed by atoms with van der Waals surface area (Å²) in [6.07, 6.45) is 5.00. The summed E-state index contributed by atoms with van der Waals surface area (Å²) in [4.78, 5) is 20.4. The van der Waals surface area contributed by atoms with Gasteiger partial charge in [-0.2, -0.15) is 0 Å². The molecule has 1 amide bonds. The van der Waals surface area contributed by atoms with Gasteiger partial charge < -0.3 is 15.0 Å². The van der Waals surface area contributed by atoms with Gasteiger partial charge in [-0.15, -0.1) is 0 Å². The lowest BCUT2D eigenvalue weighted by Gasteiger charge is -2.43. The molecule has 6 nitrogen and oxygen atoms in total. The molecule has 0 radical (unpaired) electrons. The highest BCUT2D eigenvalue weighted by Crippen LogP contribution is 2.36. The predicted octanol–water partition coefficient (Wildman–Crippen LogP) is 1.23. The number of carbonyl (C=O) groups is 1. The number of aromatic nitrogens is 2. The van der Waals surface area contributed by atoms with Crippen LogP contribution in [-0.2, 0) is 21.5 Å². The van der Waals surface area contributed by atoms with Gasteiger partial charge in [0.15, 0.2) is 0 Å². The Morgan fingerprint density at radius 1 is 1.50 bits per heavy atom. The SMILES string of the molecule is CCC(C)(C)NC(=O)C1Cc2[nH]cnc2C2(CCOCC2)N1. The van der Waals surface area contributed by atoms with E-state index in [2.05, 4.69) is 41.4 Å². The smallest absolute Gasteiger partial charge is 0.237 e. The Bertz CT molecular complexity index is 546. The van der Waals surface area contributed by atoms with Crippen LogP contribution in [0.4, 0.5) is 0 Å². The van der Waals surface area contributed by atoms with Crippen molar-refractivity contribution in [2.45, 2.75) is 63.6 Å². The van der Waals surface area contributed by atoms with Crippen molar-refractivity contribution in [2.24, 2.45) is 0 Å². The van der Waals surface area contributed by atoms with Gasteiger partial charge in [-0.25, -0.2) is 4.98 Å². The van der Waals surface area contributed by atoms with Crippen LogP contribution in [0, 0.1) is 0 Å². The van der Waals surface area contributed by atoms with Gasteiger partial charge in [0.1, 0.15) is 0 Å². The van der Waals surface area contributed by atoms with Gasteiger partial charge >= 0.3 is 0 Å². The zero-order chi connectivity index (χ0) is 15.8. The van der Waals surface area contributed by atoms with Gasteiger partial charge in [-0.3, -0.25) is 10.1 Å². The fourth-order valence-electron chi connectivity index (χ4n) is 3.31. The molecule has 3 rings (SSSR count). The van der Waals surface area contributed by atoms with Crippen molar-refractivity contribution in [1.29, 1.82) is 0 Å². The number of ether oxygens (including phenoxy) is 1.